The lowest BCUT2D eigenvalue weighted by Crippen LogP contribution is -2.38. The maximum absolute atomic E-state index is 13.1. The van der Waals surface area contributed by atoms with Crippen molar-refractivity contribution in [2.75, 3.05) is 20.1 Å². The van der Waals surface area contributed by atoms with Crippen LogP contribution in [0.25, 0.3) is 0 Å². The second-order valence-corrected chi connectivity index (χ2v) is 5.68. The van der Waals surface area contributed by atoms with Gasteiger partial charge < -0.3 is 15.2 Å². The average molecular weight is 459 g/mol. The molecule has 0 aliphatic rings. The van der Waals surface area contributed by atoms with Gasteiger partial charge in [0.25, 0.3) is 0 Å². The van der Waals surface area contributed by atoms with Crippen molar-refractivity contribution in [2.45, 2.75) is 32.7 Å². The average Bonchev–Trinajstić information content (AvgIpc) is 2.98. The van der Waals surface area contributed by atoms with Gasteiger partial charge in [-0.15, -0.1) is 24.0 Å². The molecule has 0 radical (unpaired) electrons. The number of hydrogen-bond acceptors (Lipinski definition) is 2. The van der Waals surface area contributed by atoms with Gasteiger partial charge >= 0.3 is 0 Å². The Morgan fingerprint density at radius 3 is 2.72 bits per heavy atom. The van der Waals surface area contributed by atoms with Gasteiger partial charge in [0.15, 0.2) is 5.96 Å². The van der Waals surface area contributed by atoms with E-state index in [0.29, 0.717) is 0 Å². The van der Waals surface area contributed by atoms with Crippen LogP contribution in [0, 0.1) is 12.7 Å². The molecule has 2 rings (SSSR count). The van der Waals surface area contributed by atoms with Crippen LogP contribution < -0.4 is 10.6 Å². The molecular formula is C18H27FIN5. The predicted molar refractivity (Wildman–Crippen MR) is 111 cm³/mol. The molecule has 0 atom stereocenters. The van der Waals surface area contributed by atoms with E-state index in [1.807, 2.05) is 25.4 Å². The van der Waals surface area contributed by atoms with Gasteiger partial charge in [-0.05, 0) is 43.9 Å². The second kappa shape index (κ2) is 11.8. The number of benzene rings is 1. The van der Waals surface area contributed by atoms with Crippen molar-refractivity contribution < 1.29 is 4.39 Å². The Hall–Kier alpha value is -1.64. The monoisotopic (exact) mass is 459 g/mol. The summed E-state index contributed by atoms with van der Waals surface area (Å²) in [6.07, 6.45) is 6.75. The van der Waals surface area contributed by atoms with Gasteiger partial charge in [-0.1, -0.05) is 12.1 Å². The molecule has 0 aliphatic carbocycles. The van der Waals surface area contributed by atoms with Gasteiger partial charge in [-0.2, -0.15) is 0 Å². The first-order chi connectivity index (χ1) is 11.7. The van der Waals surface area contributed by atoms with Gasteiger partial charge in [0.1, 0.15) is 11.6 Å². The van der Waals surface area contributed by atoms with Crippen molar-refractivity contribution in [3.05, 3.63) is 53.9 Å². The molecule has 0 spiro atoms. The third kappa shape index (κ3) is 7.85. The quantitative estimate of drug-likeness (QED) is 0.276. The van der Waals surface area contributed by atoms with Gasteiger partial charge in [0, 0.05) is 39.1 Å². The highest BCUT2D eigenvalue weighted by atomic mass is 127. The first kappa shape index (κ1) is 21.4. The van der Waals surface area contributed by atoms with E-state index >= 15 is 0 Å². The molecular weight excluding hydrogens is 432 g/mol. The summed E-state index contributed by atoms with van der Waals surface area (Å²) in [5.41, 5.74) is 0.980. The van der Waals surface area contributed by atoms with E-state index in [-0.39, 0.29) is 29.8 Å². The Bertz CT molecular complexity index is 656. The van der Waals surface area contributed by atoms with E-state index < -0.39 is 0 Å². The molecule has 1 aromatic carbocycles. The van der Waals surface area contributed by atoms with E-state index in [4.69, 9.17) is 0 Å². The maximum atomic E-state index is 13.1. The highest BCUT2D eigenvalue weighted by molar-refractivity contribution is 14.0. The fourth-order valence-corrected chi connectivity index (χ4v) is 2.49. The molecule has 0 fully saturated rings. The van der Waals surface area contributed by atoms with Crippen molar-refractivity contribution in [1.82, 2.24) is 20.2 Å². The number of imidazole rings is 1. The summed E-state index contributed by atoms with van der Waals surface area (Å²) in [4.78, 5) is 8.42. The number of rotatable bonds is 8. The van der Waals surface area contributed by atoms with Gasteiger partial charge in [-0.25, -0.2) is 9.37 Å². The molecule has 5 nitrogen and oxygen atoms in total. The van der Waals surface area contributed by atoms with Crippen molar-refractivity contribution in [1.29, 1.82) is 0 Å². The minimum atomic E-state index is -0.192. The second-order valence-electron chi connectivity index (χ2n) is 5.68. The van der Waals surface area contributed by atoms with Crippen LogP contribution in [0.2, 0.25) is 0 Å². The van der Waals surface area contributed by atoms with Crippen molar-refractivity contribution >= 4 is 29.9 Å². The first-order valence-electron chi connectivity index (χ1n) is 8.36. The van der Waals surface area contributed by atoms with E-state index in [9.17, 15) is 4.39 Å². The van der Waals surface area contributed by atoms with Crippen LogP contribution in [0.5, 0.6) is 0 Å². The normalized spacial score (nSPS) is 11.1. The minimum Gasteiger partial charge on any atom is -0.356 e. The summed E-state index contributed by atoms with van der Waals surface area (Å²) in [5.74, 6) is 1.64. The largest absolute Gasteiger partial charge is 0.356 e. The summed E-state index contributed by atoms with van der Waals surface area (Å²) >= 11 is 0. The lowest BCUT2D eigenvalue weighted by Gasteiger charge is -2.12. The summed E-state index contributed by atoms with van der Waals surface area (Å²) in [7, 11) is 1.76. The highest BCUT2D eigenvalue weighted by Crippen LogP contribution is 2.03. The predicted octanol–water partition coefficient (Wildman–Crippen LogP) is 3.14. The van der Waals surface area contributed by atoms with Crippen molar-refractivity contribution in [3.8, 4) is 0 Å². The molecule has 7 heteroatoms. The molecule has 138 valence electrons. The highest BCUT2D eigenvalue weighted by Gasteiger charge is 2.00. The summed E-state index contributed by atoms with van der Waals surface area (Å²) < 4.78 is 15.3. The summed E-state index contributed by atoms with van der Waals surface area (Å²) in [6, 6.07) is 6.69. The number of unbranched alkanes of at least 4 members (excludes halogenated alkanes) is 1. The molecule has 0 amide bonds. The van der Waals surface area contributed by atoms with E-state index in [1.54, 1.807) is 19.2 Å². The Kier molecular flexibility index (Phi) is 10.1. The van der Waals surface area contributed by atoms with E-state index in [2.05, 4.69) is 25.2 Å². The number of nitrogens with one attached hydrogen (secondary N) is 2. The number of halogens is 2. The number of hydrogen-bond donors (Lipinski definition) is 2. The van der Waals surface area contributed by atoms with Crippen LogP contribution >= 0.6 is 24.0 Å². The summed E-state index contributed by atoms with van der Waals surface area (Å²) in [5, 5.41) is 6.55. The van der Waals surface area contributed by atoms with Crippen LogP contribution in [-0.2, 0) is 13.0 Å². The topological polar surface area (TPSA) is 54.2 Å². The molecule has 0 saturated carbocycles. The van der Waals surface area contributed by atoms with Gasteiger partial charge in [0.2, 0.25) is 0 Å². The molecule has 0 saturated heterocycles. The zero-order valence-electron chi connectivity index (χ0n) is 14.8. The zero-order valence-corrected chi connectivity index (χ0v) is 17.2. The standard InChI is InChI=1S/C18H26FN5.HI/c1-15-21-11-13-24(15)12-4-3-9-22-18(20-2)23-10-8-16-6-5-7-17(19)14-16;/h5-7,11,13-14H,3-4,8-10,12H2,1-2H3,(H2,20,22,23);1H. The summed E-state index contributed by atoms with van der Waals surface area (Å²) in [6.45, 7) is 4.59. The number of aliphatic imine (C=N–C) groups is 1. The molecule has 1 aromatic heterocycles. The van der Waals surface area contributed by atoms with Crippen molar-refractivity contribution in [2.24, 2.45) is 4.99 Å². The molecule has 25 heavy (non-hydrogen) atoms. The molecule has 0 unspecified atom stereocenters. The first-order valence-corrected chi connectivity index (χ1v) is 8.36. The third-order valence-corrected chi connectivity index (χ3v) is 3.86. The Morgan fingerprint density at radius 2 is 2.04 bits per heavy atom. The molecule has 1 heterocycles. The number of nitrogens with zero attached hydrogens (tertiary/aromatic N) is 3. The maximum Gasteiger partial charge on any atom is 0.190 e. The Labute approximate surface area is 166 Å². The molecule has 2 aromatic rings. The van der Waals surface area contributed by atoms with E-state index in [0.717, 1.165) is 56.2 Å². The van der Waals surface area contributed by atoms with Crippen molar-refractivity contribution in [3.63, 3.8) is 0 Å². The molecule has 0 bridgehead atoms. The van der Waals surface area contributed by atoms with E-state index in [1.165, 1.54) is 6.07 Å². The minimum absolute atomic E-state index is 0. The van der Waals surface area contributed by atoms with Gasteiger partial charge in [0.05, 0.1) is 0 Å². The molecule has 0 aliphatic heterocycles. The lowest BCUT2D eigenvalue weighted by molar-refractivity contribution is 0.588. The number of aromatic nitrogens is 2. The zero-order chi connectivity index (χ0) is 17.2. The van der Waals surface area contributed by atoms with Gasteiger partial charge in [-0.3, -0.25) is 4.99 Å². The molecule has 2 N–H and O–H groups in total. The SMILES string of the molecule is CN=C(NCCCCn1ccnc1C)NCCc1cccc(F)c1.I. The van der Waals surface area contributed by atoms with Crippen LogP contribution in [0.3, 0.4) is 0 Å². The fourth-order valence-electron chi connectivity index (χ4n) is 2.49. The lowest BCUT2D eigenvalue weighted by atomic mass is 10.1. The van der Waals surface area contributed by atoms with Crippen LogP contribution in [0.4, 0.5) is 4.39 Å². The number of aryl methyl sites for hydroxylation is 2. The van der Waals surface area contributed by atoms with Crippen LogP contribution in [0.15, 0.2) is 41.7 Å². The fraction of sp³-hybridized carbons (Fsp3) is 0.444. The Morgan fingerprint density at radius 1 is 1.24 bits per heavy atom. The van der Waals surface area contributed by atoms with Crippen LogP contribution in [-0.4, -0.2) is 35.6 Å². The third-order valence-electron chi connectivity index (χ3n) is 3.86. The Balaban J connectivity index is 0.00000312. The van der Waals surface area contributed by atoms with Crippen LogP contribution in [0.1, 0.15) is 24.2 Å². The smallest absolute Gasteiger partial charge is 0.190 e. The number of guanidine groups is 1.